The lowest BCUT2D eigenvalue weighted by molar-refractivity contribution is 0.484. The number of hydrogen-bond donors (Lipinski definition) is 0. The molecule has 0 unspecified atom stereocenters. The third-order valence-corrected chi connectivity index (χ3v) is 9.88. The molecule has 1 saturated carbocycles. The molecule has 0 bridgehead atoms. The van der Waals surface area contributed by atoms with E-state index in [1.54, 1.807) is 0 Å². The zero-order valence-electron chi connectivity index (χ0n) is 16.9. The molecule has 1 heterocycles. The second-order valence-corrected chi connectivity index (χ2v) is 11.5. The summed E-state index contributed by atoms with van der Waals surface area (Å²) in [6, 6.07) is 20.9. The Bertz CT molecular complexity index is 1070. The van der Waals surface area contributed by atoms with Crippen LogP contribution in [0.2, 0.25) is 0 Å². The summed E-state index contributed by atoms with van der Waals surface area (Å²) in [5.74, 6) is 0. The number of sulfone groups is 1. The first-order valence-electron chi connectivity index (χ1n) is 10.6. The van der Waals surface area contributed by atoms with Crippen molar-refractivity contribution in [2.75, 3.05) is 0 Å². The van der Waals surface area contributed by atoms with Crippen LogP contribution in [0.25, 0.3) is 10.4 Å². The van der Waals surface area contributed by atoms with Crippen LogP contribution in [0.3, 0.4) is 0 Å². The van der Waals surface area contributed by atoms with Gasteiger partial charge in [0.2, 0.25) is 0 Å². The number of aryl methyl sites for hydroxylation is 1. The van der Waals surface area contributed by atoms with Gasteiger partial charge in [0.1, 0.15) is 4.21 Å². The molecule has 1 fully saturated rings. The van der Waals surface area contributed by atoms with E-state index in [1.165, 1.54) is 28.0 Å². The topological polar surface area (TPSA) is 34.1 Å². The fraction of sp³-hybridized carbons (Fsp3) is 0.360. The highest BCUT2D eigenvalue weighted by Gasteiger charge is 2.30. The lowest BCUT2D eigenvalue weighted by Crippen LogP contribution is -2.23. The molecular formula is C25H28O2S2. The van der Waals surface area contributed by atoms with Crippen molar-refractivity contribution < 1.29 is 8.42 Å². The second kappa shape index (κ2) is 8.85. The van der Waals surface area contributed by atoms with Gasteiger partial charge in [-0.3, -0.25) is 0 Å². The number of hydrogen-bond acceptors (Lipinski definition) is 3. The molecule has 29 heavy (non-hydrogen) atoms. The molecule has 0 saturated heterocycles. The van der Waals surface area contributed by atoms with E-state index < -0.39 is 9.84 Å². The van der Waals surface area contributed by atoms with E-state index in [0.29, 0.717) is 4.21 Å². The molecule has 2 aromatic carbocycles. The van der Waals surface area contributed by atoms with E-state index in [2.05, 4.69) is 55.5 Å². The van der Waals surface area contributed by atoms with Crippen LogP contribution >= 0.6 is 11.3 Å². The van der Waals surface area contributed by atoms with Gasteiger partial charge in [-0.2, -0.15) is 0 Å². The quantitative estimate of drug-likeness (QED) is 0.442. The minimum Gasteiger partial charge on any atom is -0.223 e. The molecule has 1 aromatic heterocycles. The van der Waals surface area contributed by atoms with Crippen molar-refractivity contribution in [2.45, 2.75) is 61.3 Å². The average Bonchev–Trinajstić information content (AvgIpc) is 3.26. The van der Waals surface area contributed by atoms with Crippen molar-refractivity contribution in [3.63, 3.8) is 0 Å². The van der Waals surface area contributed by atoms with Gasteiger partial charge in [-0.15, -0.1) is 11.3 Å². The van der Waals surface area contributed by atoms with E-state index in [-0.39, 0.29) is 5.25 Å². The van der Waals surface area contributed by atoms with Crippen LogP contribution in [-0.2, 0) is 22.7 Å². The maximum absolute atomic E-state index is 13.0. The predicted octanol–water partition coefficient (Wildman–Crippen LogP) is 6.67. The molecule has 2 nitrogen and oxygen atoms in total. The fourth-order valence-corrected chi connectivity index (χ4v) is 7.71. The van der Waals surface area contributed by atoms with Gasteiger partial charge in [-0.1, -0.05) is 74.7 Å². The molecule has 3 aromatic rings. The monoisotopic (exact) mass is 424 g/mol. The van der Waals surface area contributed by atoms with Crippen molar-refractivity contribution in [3.05, 3.63) is 77.4 Å². The molecule has 4 heteroatoms. The number of thiophene rings is 1. The van der Waals surface area contributed by atoms with Crippen LogP contribution in [0.15, 0.2) is 64.9 Å². The van der Waals surface area contributed by atoms with Gasteiger partial charge < -0.3 is 0 Å². The molecule has 1 aliphatic carbocycles. The Labute approximate surface area is 178 Å². The molecule has 4 rings (SSSR count). The van der Waals surface area contributed by atoms with Crippen LogP contribution in [-0.4, -0.2) is 13.7 Å². The van der Waals surface area contributed by atoms with Crippen molar-refractivity contribution in [1.82, 2.24) is 0 Å². The third kappa shape index (κ3) is 4.49. The van der Waals surface area contributed by atoms with E-state index in [9.17, 15) is 8.42 Å². The normalized spacial score (nSPS) is 15.5. The fourth-order valence-electron chi connectivity index (χ4n) is 4.30. The molecule has 0 spiro atoms. The van der Waals surface area contributed by atoms with E-state index in [1.807, 2.05) is 12.1 Å². The van der Waals surface area contributed by atoms with Crippen molar-refractivity contribution in [1.29, 1.82) is 0 Å². The molecular weight excluding hydrogens is 396 g/mol. The molecule has 0 N–H and O–H groups in total. The van der Waals surface area contributed by atoms with Gasteiger partial charge in [-0.05, 0) is 60.1 Å². The van der Waals surface area contributed by atoms with Gasteiger partial charge in [0.05, 0.1) is 5.25 Å². The minimum absolute atomic E-state index is 0.195. The first-order valence-corrected chi connectivity index (χ1v) is 12.9. The lowest BCUT2D eigenvalue weighted by Gasteiger charge is -2.20. The Morgan fingerprint density at radius 2 is 1.66 bits per heavy atom. The molecule has 0 amide bonds. The largest absolute Gasteiger partial charge is 0.223 e. The van der Waals surface area contributed by atoms with Gasteiger partial charge in [0.25, 0.3) is 0 Å². The molecule has 0 radical (unpaired) electrons. The van der Waals surface area contributed by atoms with Crippen LogP contribution in [0.5, 0.6) is 0 Å². The summed E-state index contributed by atoms with van der Waals surface area (Å²) in [5, 5.41) is -0.195. The van der Waals surface area contributed by atoms with E-state index >= 15 is 0 Å². The third-order valence-electron chi connectivity index (χ3n) is 5.96. The Balaban J connectivity index is 1.58. The summed E-state index contributed by atoms with van der Waals surface area (Å²) in [7, 11) is -3.20. The highest BCUT2D eigenvalue weighted by atomic mass is 32.2. The summed E-state index contributed by atoms with van der Waals surface area (Å²) < 4.78 is 26.6. The number of rotatable bonds is 6. The van der Waals surface area contributed by atoms with Gasteiger partial charge in [0, 0.05) is 4.88 Å². The molecule has 1 aliphatic rings. The number of benzene rings is 2. The van der Waals surface area contributed by atoms with Gasteiger partial charge >= 0.3 is 0 Å². The summed E-state index contributed by atoms with van der Waals surface area (Å²) >= 11 is 1.42. The van der Waals surface area contributed by atoms with Crippen LogP contribution < -0.4 is 0 Å². The Morgan fingerprint density at radius 3 is 2.41 bits per heavy atom. The summed E-state index contributed by atoms with van der Waals surface area (Å²) in [6.07, 6.45) is 6.77. The SMILES string of the molecule is CCc1ccccc1Cc1cccc(-c2ccc(S(=O)(=O)C3CCCCC3)s2)c1. The van der Waals surface area contributed by atoms with E-state index in [4.69, 9.17) is 0 Å². The Morgan fingerprint density at radius 1 is 0.897 bits per heavy atom. The smallest absolute Gasteiger partial charge is 0.190 e. The van der Waals surface area contributed by atoms with Crippen molar-refractivity contribution >= 4 is 21.2 Å². The lowest BCUT2D eigenvalue weighted by atomic mass is 9.97. The standard InChI is InChI=1S/C25H28O2S2/c1-2-20-10-6-7-11-21(20)17-19-9-8-12-22(18-19)24-15-16-25(28-24)29(26,27)23-13-4-3-5-14-23/h6-12,15-16,18,23H,2-5,13-14,17H2,1H3. The van der Waals surface area contributed by atoms with Crippen LogP contribution in [0.1, 0.15) is 55.7 Å². The minimum atomic E-state index is -3.20. The summed E-state index contributed by atoms with van der Waals surface area (Å²) in [6.45, 7) is 2.19. The van der Waals surface area contributed by atoms with Crippen LogP contribution in [0, 0.1) is 0 Å². The first kappa shape index (κ1) is 20.4. The summed E-state index contributed by atoms with van der Waals surface area (Å²) in [5.41, 5.74) is 5.11. The van der Waals surface area contributed by atoms with E-state index in [0.717, 1.165) is 55.4 Å². The zero-order chi connectivity index (χ0) is 20.3. The first-order chi connectivity index (χ1) is 14.1. The maximum atomic E-state index is 13.0. The van der Waals surface area contributed by atoms with Crippen molar-refractivity contribution in [3.8, 4) is 10.4 Å². The highest BCUT2D eigenvalue weighted by molar-refractivity contribution is 7.94. The summed E-state index contributed by atoms with van der Waals surface area (Å²) in [4.78, 5) is 1.03. The maximum Gasteiger partial charge on any atom is 0.190 e. The molecule has 152 valence electrons. The zero-order valence-corrected chi connectivity index (χ0v) is 18.6. The average molecular weight is 425 g/mol. The second-order valence-electron chi connectivity index (χ2n) is 7.92. The van der Waals surface area contributed by atoms with Crippen LogP contribution in [0.4, 0.5) is 0 Å². The molecule has 0 aliphatic heterocycles. The van der Waals surface area contributed by atoms with Gasteiger partial charge in [-0.25, -0.2) is 8.42 Å². The van der Waals surface area contributed by atoms with Gasteiger partial charge in [0.15, 0.2) is 9.84 Å². The highest BCUT2D eigenvalue weighted by Crippen LogP contribution is 2.36. The Kier molecular flexibility index (Phi) is 6.21. The Hall–Kier alpha value is -1.91. The predicted molar refractivity (Wildman–Crippen MR) is 122 cm³/mol. The van der Waals surface area contributed by atoms with Crippen molar-refractivity contribution in [2.24, 2.45) is 0 Å². The molecule has 0 atom stereocenters.